The fourth-order valence-corrected chi connectivity index (χ4v) is 4.09. The van der Waals surface area contributed by atoms with Crippen molar-refractivity contribution < 1.29 is 4.74 Å². The van der Waals surface area contributed by atoms with Gasteiger partial charge >= 0.3 is 0 Å². The Morgan fingerprint density at radius 1 is 1.53 bits per heavy atom. The van der Waals surface area contributed by atoms with Crippen LogP contribution in [0, 0.1) is 5.92 Å². The van der Waals surface area contributed by atoms with Crippen molar-refractivity contribution in [3.63, 3.8) is 0 Å². The molecule has 1 nitrogen and oxygen atoms in total. The summed E-state index contributed by atoms with van der Waals surface area (Å²) in [6.07, 6.45) is 9.61. The van der Waals surface area contributed by atoms with Crippen molar-refractivity contribution in [2.45, 2.75) is 31.3 Å². The molecule has 2 atom stereocenters. The maximum atomic E-state index is 6.00. The van der Waals surface area contributed by atoms with E-state index >= 15 is 0 Å². The average molecular weight is 291 g/mol. The molecule has 2 aliphatic heterocycles. The van der Waals surface area contributed by atoms with E-state index in [1.165, 1.54) is 30.8 Å². The molecule has 0 amide bonds. The third-order valence-electron chi connectivity index (χ3n) is 3.28. The number of thioether (sulfide) groups is 1. The minimum absolute atomic E-state index is 0.242. The summed E-state index contributed by atoms with van der Waals surface area (Å²) in [6, 6.07) is 0. The standard InChI is InChI=1S/C12H19BrOS/c13-6-2-1-3-11-4-7-14-12(9-11)5-8-15-10-12/h1,3,11H,2,4-10H2. The Bertz CT molecular complexity index is 224. The first-order chi connectivity index (χ1) is 7.35. The third kappa shape index (κ3) is 3.24. The van der Waals surface area contributed by atoms with Crippen LogP contribution < -0.4 is 0 Å². The van der Waals surface area contributed by atoms with E-state index in [0.29, 0.717) is 0 Å². The maximum absolute atomic E-state index is 6.00. The monoisotopic (exact) mass is 290 g/mol. The van der Waals surface area contributed by atoms with Crippen LogP contribution in [0.4, 0.5) is 0 Å². The summed E-state index contributed by atoms with van der Waals surface area (Å²) in [5, 5.41) is 1.08. The van der Waals surface area contributed by atoms with Crippen molar-refractivity contribution in [3.8, 4) is 0 Å². The van der Waals surface area contributed by atoms with E-state index in [4.69, 9.17) is 4.74 Å². The van der Waals surface area contributed by atoms with Crippen molar-refractivity contribution in [1.29, 1.82) is 0 Å². The Hall–Kier alpha value is 0.530. The van der Waals surface area contributed by atoms with E-state index in [0.717, 1.165) is 24.3 Å². The lowest BCUT2D eigenvalue weighted by Crippen LogP contribution is -2.39. The lowest BCUT2D eigenvalue weighted by Gasteiger charge is -2.36. The first-order valence-corrected chi connectivity index (χ1v) is 8.07. The van der Waals surface area contributed by atoms with Crippen molar-refractivity contribution in [1.82, 2.24) is 0 Å². The van der Waals surface area contributed by atoms with Gasteiger partial charge in [-0.3, -0.25) is 0 Å². The van der Waals surface area contributed by atoms with E-state index in [2.05, 4.69) is 39.8 Å². The van der Waals surface area contributed by atoms with E-state index in [9.17, 15) is 0 Å². The highest BCUT2D eigenvalue weighted by atomic mass is 79.9. The number of allylic oxidation sites excluding steroid dienone is 2. The van der Waals surface area contributed by atoms with Gasteiger partial charge in [-0.15, -0.1) is 0 Å². The van der Waals surface area contributed by atoms with Crippen molar-refractivity contribution in [3.05, 3.63) is 12.2 Å². The zero-order valence-corrected chi connectivity index (χ0v) is 11.5. The van der Waals surface area contributed by atoms with E-state index < -0.39 is 0 Å². The molecule has 2 heterocycles. The molecular weight excluding hydrogens is 272 g/mol. The molecule has 2 fully saturated rings. The van der Waals surface area contributed by atoms with Gasteiger partial charge in [0, 0.05) is 17.7 Å². The van der Waals surface area contributed by atoms with Crippen LogP contribution in [0.1, 0.15) is 25.7 Å². The topological polar surface area (TPSA) is 9.23 Å². The number of rotatable bonds is 3. The molecule has 0 saturated carbocycles. The molecule has 2 rings (SSSR count). The summed E-state index contributed by atoms with van der Waals surface area (Å²) in [5.74, 6) is 3.27. The number of alkyl halides is 1. The zero-order chi connectivity index (χ0) is 10.6. The summed E-state index contributed by atoms with van der Waals surface area (Å²) in [4.78, 5) is 0. The lowest BCUT2D eigenvalue weighted by molar-refractivity contribution is -0.0718. The SMILES string of the molecule is BrCCC=CC1CCOC2(CCSC2)C1. The van der Waals surface area contributed by atoms with Crippen molar-refractivity contribution in [2.75, 3.05) is 23.4 Å². The summed E-state index contributed by atoms with van der Waals surface area (Å²) >= 11 is 5.51. The largest absolute Gasteiger partial charge is 0.374 e. The molecule has 0 aromatic rings. The average Bonchev–Trinajstić information content (AvgIpc) is 2.67. The van der Waals surface area contributed by atoms with Gasteiger partial charge in [-0.05, 0) is 37.4 Å². The van der Waals surface area contributed by atoms with E-state index in [1.54, 1.807) is 0 Å². The van der Waals surface area contributed by atoms with Gasteiger partial charge in [0.1, 0.15) is 0 Å². The second-order valence-corrected chi connectivity index (χ2v) is 6.39. The molecule has 2 aliphatic rings. The maximum Gasteiger partial charge on any atom is 0.0785 e. The molecule has 0 aromatic carbocycles. The Morgan fingerprint density at radius 3 is 3.20 bits per heavy atom. The Kier molecular flexibility index (Phi) is 4.59. The molecule has 15 heavy (non-hydrogen) atoms. The lowest BCUT2D eigenvalue weighted by atomic mass is 9.85. The fraction of sp³-hybridized carbons (Fsp3) is 0.833. The fourth-order valence-electron chi connectivity index (χ4n) is 2.44. The first-order valence-electron chi connectivity index (χ1n) is 5.79. The highest BCUT2D eigenvalue weighted by Gasteiger charge is 2.39. The molecule has 0 N–H and O–H groups in total. The molecule has 0 aliphatic carbocycles. The van der Waals surface area contributed by atoms with Gasteiger partial charge in [-0.25, -0.2) is 0 Å². The summed E-state index contributed by atoms with van der Waals surface area (Å²) in [7, 11) is 0. The summed E-state index contributed by atoms with van der Waals surface area (Å²) in [6.45, 7) is 0.962. The van der Waals surface area contributed by atoms with Crippen LogP contribution in [0.5, 0.6) is 0 Å². The van der Waals surface area contributed by atoms with Gasteiger partial charge in [0.15, 0.2) is 0 Å². The normalized spacial score (nSPS) is 36.7. The number of ether oxygens (including phenoxy) is 1. The Morgan fingerprint density at radius 2 is 2.47 bits per heavy atom. The Balaban J connectivity index is 1.86. The molecule has 86 valence electrons. The summed E-state index contributed by atoms with van der Waals surface area (Å²) in [5.41, 5.74) is 0.242. The first kappa shape index (κ1) is 12.0. The minimum atomic E-state index is 0.242. The predicted molar refractivity (Wildman–Crippen MR) is 70.9 cm³/mol. The van der Waals surface area contributed by atoms with Gasteiger partial charge in [0.05, 0.1) is 5.60 Å². The van der Waals surface area contributed by atoms with Gasteiger partial charge in [-0.1, -0.05) is 28.1 Å². The molecular formula is C12H19BrOS. The third-order valence-corrected chi connectivity index (χ3v) is 4.96. The van der Waals surface area contributed by atoms with Crippen molar-refractivity contribution in [2.24, 2.45) is 5.92 Å². The summed E-state index contributed by atoms with van der Waals surface area (Å²) < 4.78 is 6.00. The number of hydrogen-bond acceptors (Lipinski definition) is 2. The molecule has 3 heteroatoms. The van der Waals surface area contributed by atoms with Crippen LogP contribution in [-0.4, -0.2) is 29.0 Å². The van der Waals surface area contributed by atoms with Gasteiger partial charge in [0.2, 0.25) is 0 Å². The molecule has 0 bridgehead atoms. The van der Waals surface area contributed by atoms with Crippen LogP contribution in [-0.2, 0) is 4.74 Å². The van der Waals surface area contributed by atoms with E-state index in [1.807, 2.05) is 0 Å². The van der Waals surface area contributed by atoms with E-state index in [-0.39, 0.29) is 5.60 Å². The molecule has 0 aromatic heterocycles. The highest BCUT2D eigenvalue weighted by Crippen LogP contribution is 2.40. The minimum Gasteiger partial charge on any atom is -0.374 e. The molecule has 0 radical (unpaired) electrons. The van der Waals surface area contributed by atoms with Crippen molar-refractivity contribution >= 4 is 27.7 Å². The van der Waals surface area contributed by atoms with Gasteiger partial charge in [-0.2, -0.15) is 11.8 Å². The smallest absolute Gasteiger partial charge is 0.0785 e. The highest BCUT2D eigenvalue weighted by molar-refractivity contribution is 9.09. The van der Waals surface area contributed by atoms with Crippen LogP contribution in [0.25, 0.3) is 0 Å². The molecule has 2 saturated heterocycles. The second kappa shape index (κ2) is 5.74. The second-order valence-electron chi connectivity index (χ2n) is 4.49. The molecule has 1 spiro atoms. The van der Waals surface area contributed by atoms with Crippen LogP contribution in [0.2, 0.25) is 0 Å². The van der Waals surface area contributed by atoms with Crippen LogP contribution in [0.3, 0.4) is 0 Å². The van der Waals surface area contributed by atoms with Gasteiger partial charge < -0.3 is 4.74 Å². The predicted octanol–water partition coefficient (Wildman–Crippen LogP) is 3.63. The van der Waals surface area contributed by atoms with Gasteiger partial charge in [0.25, 0.3) is 0 Å². The van der Waals surface area contributed by atoms with Crippen LogP contribution in [0.15, 0.2) is 12.2 Å². The van der Waals surface area contributed by atoms with Crippen LogP contribution >= 0.6 is 27.7 Å². The molecule has 2 unspecified atom stereocenters. The Labute approximate surface area is 105 Å². The number of hydrogen-bond donors (Lipinski definition) is 0. The zero-order valence-electron chi connectivity index (χ0n) is 9.08. The quantitative estimate of drug-likeness (QED) is 0.580. The number of halogens is 1.